The van der Waals surface area contributed by atoms with Crippen LogP contribution in [0.1, 0.15) is 63.7 Å². The number of Topliss-reactive ketones (excluding diaryl/α,β-unsaturated/α-hetero) is 1. The lowest BCUT2D eigenvalue weighted by molar-refractivity contribution is 0.0858. The number of pyridine rings is 1. The van der Waals surface area contributed by atoms with Crippen molar-refractivity contribution in [2.75, 3.05) is 19.4 Å². The van der Waals surface area contributed by atoms with Crippen LogP contribution >= 0.6 is 11.6 Å². The minimum absolute atomic E-state index is 0.00402. The zero-order chi connectivity index (χ0) is 26.4. The lowest BCUT2D eigenvalue weighted by Crippen LogP contribution is -2.55. The fourth-order valence-electron chi connectivity index (χ4n) is 5.39. The molecule has 2 N–H and O–H groups in total. The highest BCUT2D eigenvalue weighted by atomic mass is 35.5. The molecule has 0 aliphatic heterocycles. The van der Waals surface area contributed by atoms with E-state index in [-0.39, 0.29) is 16.3 Å². The Bertz CT molecular complexity index is 1290. The zero-order valence-corrected chi connectivity index (χ0v) is 22.6. The number of nitrogens with one attached hydrogen (secondary N) is 1. The Morgan fingerprint density at radius 2 is 1.92 bits per heavy atom. The molecule has 1 saturated carbocycles. The summed E-state index contributed by atoms with van der Waals surface area (Å²) in [5, 5.41) is 14.3. The molecule has 192 valence electrons. The summed E-state index contributed by atoms with van der Waals surface area (Å²) in [6.45, 7) is 7.96. The van der Waals surface area contributed by atoms with Crippen LogP contribution in [0.15, 0.2) is 36.5 Å². The van der Waals surface area contributed by atoms with Crippen LogP contribution < -0.4 is 5.32 Å². The van der Waals surface area contributed by atoms with Gasteiger partial charge in [-0.2, -0.15) is 0 Å². The van der Waals surface area contributed by atoms with Crippen LogP contribution in [0.4, 0.5) is 10.1 Å². The van der Waals surface area contributed by atoms with Crippen LogP contribution in [0.3, 0.4) is 0 Å². The largest absolute Gasteiger partial charge is 0.504 e. The van der Waals surface area contributed by atoms with E-state index in [4.69, 9.17) is 11.6 Å². The Labute approximate surface area is 217 Å². The Morgan fingerprint density at radius 1 is 1.19 bits per heavy atom. The van der Waals surface area contributed by atoms with Gasteiger partial charge in [-0.15, -0.1) is 0 Å². The number of phenols is 1. The van der Waals surface area contributed by atoms with E-state index in [1.807, 2.05) is 39.0 Å². The predicted octanol–water partition coefficient (Wildman–Crippen LogP) is 7.30. The van der Waals surface area contributed by atoms with Gasteiger partial charge in [-0.05, 0) is 69.3 Å². The van der Waals surface area contributed by atoms with Gasteiger partial charge in [0.2, 0.25) is 0 Å². The van der Waals surface area contributed by atoms with Crippen LogP contribution in [0.5, 0.6) is 5.75 Å². The first kappa shape index (κ1) is 26.4. The summed E-state index contributed by atoms with van der Waals surface area (Å²) in [7, 11) is 4.20. The SMILES string of the molecule is CN(C)C1CCCCC1(C)Nc1c(C(=O)C(C)(C)C)cnc2ccc(-c3cc(F)c(O)c(Cl)c3)cc12. The summed E-state index contributed by atoms with van der Waals surface area (Å²) in [6.07, 6.45) is 5.99. The summed E-state index contributed by atoms with van der Waals surface area (Å²) in [4.78, 5) is 20.5. The van der Waals surface area contributed by atoms with E-state index in [1.54, 1.807) is 6.20 Å². The van der Waals surface area contributed by atoms with Gasteiger partial charge in [0.05, 0.1) is 27.3 Å². The molecular weight excluding hydrogens is 477 g/mol. The smallest absolute Gasteiger partial charge is 0.171 e. The second-order valence-electron chi connectivity index (χ2n) is 11.4. The van der Waals surface area contributed by atoms with Gasteiger partial charge in [0.15, 0.2) is 17.3 Å². The van der Waals surface area contributed by atoms with Crippen LogP contribution in [-0.2, 0) is 0 Å². The quantitative estimate of drug-likeness (QED) is 0.352. The number of rotatable bonds is 5. The molecule has 0 saturated heterocycles. The lowest BCUT2D eigenvalue weighted by atomic mass is 9.77. The first-order valence-corrected chi connectivity index (χ1v) is 12.8. The fraction of sp³-hybridized carbons (Fsp3) is 0.448. The third kappa shape index (κ3) is 4.94. The number of hydrogen-bond acceptors (Lipinski definition) is 5. The monoisotopic (exact) mass is 511 g/mol. The highest BCUT2D eigenvalue weighted by Gasteiger charge is 2.39. The molecule has 5 nitrogen and oxygen atoms in total. The highest BCUT2D eigenvalue weighted by molar-refractivity contribution is 6.32. The molecule has 1 aliphatic carbocycles. The Balaban J connectivity index is 1.94. The summed E-state index contributed by atoms with van der Waals surface area (Å²) in [6, 6.07) is 8.72. The van der Waals surface area contributed by atoms with Gasteiger partial charge in [-0.1, -0.05) is 51.3 Å². The van der Waals surface area contributed by atoms with Gasteiger partial charge in [0.25, 0.3) is 0 Å². The average Bonchev–Trinajstić information content (AvgIpc) is 2.81. The van der Waals surface area contributed by atoms with Crippen molar-refractivity contribution in [3.05, 3.63) is 52.9 Å². The van der Waals surface area contributed by atoms with Gasteiger partial charge < -0.3 is 15.3 Å². The predicted molar refractivity (Wildman–Crippen MR) is 146 cm³/mol. The van der Waals surface area contributed by atoms with E-state index in [0.717, 1.165) is 35.9 Å². The van der Waals surface area contributed by atoms with Gasteiger partial charge in [-0.25, -0.2) is 4.39 Å². The number of fused-ring (bicyclic) bond motifs is 1. The molecule has 1 aromatic heterocycles. The van der Waals surface area contributed by atoms with E-state index in [2.05, 4.69) is 36.2 Å². The minimum Gasteiger partial charge on any atom is -0.504 e. The summed E-state index contributed by atoms with van der Waals surface area (Å²) in [5.41, 5.74) is 2.43. The first-order valence-electron chi connectivity index (χ1n) is 12.4. The Morgan fingerprint density at radius 3 is 2.56 bits per heavy atom. The van der Waals surface area contributed by atoms with E-state index < -0.39 is 17.0 Å². The number of carbonyl (C=O) groups excluding carboxylic acids is 1. The van der Waals surface area contributed by atoms with Crippen molar-refractivity contribution in [2.45, 2.75) is 65.0 Å². The molecule has 1 fully saturated rings. The molecule has 2 unspecified atom stereocenters. The summed E-state index contributed by atoms with van der Waals surface area (Å²) >= 11 is 6.06. The molecule has 2 atom stereocenters. The number of aromatic nitrogens is 1. The van der Waals surface area contributed by atoms with E-state index in [0.29, 0.717) is 22.7 Å². The van der Waals surface area contributed by atoms with Crippen molar-refractivity contribution < 1.29 is 14.3 Å². The summed E-state index contributed by atoms with van der Waals surface area (Å²) in [5.74, 6) is -1.35. The maximum Gasteiger partial charge on any atom is 0.171 e. The number of likely N-dealkylation sites (N-methyl/N-ethyl adjacent to an activating group) is 1. The number of hydrogen-bond donors (Lipinski definition) is 2. The van der Waals surface area contributed by atoms with Gasteiger partial charge in [-0.3, -0.25) is 9.78 Å². The molecule has 0 spiro atoms. The maximum absolute atomic E-state index is 14.3. The maximum atomic E-state index is 14.3. The normalized spacial score (nSPS) is 20.6. The average molecular weight is 512 g/mol. The number of halogens is 2. The number of ketones is 1. The number of aromatic hydroxyl groups is 1. The molecule has 36 heavy (non-hydrogen) atoms. The fourth-order valence-corrected chi connectivity index (χ4v) is 5.60. The highest BCUT2D eigenvalue weighted by Crippen LogP contribution is 2.40. The van der Waals surface area contributed by atoms with Crippen LogP contribution in [0, 0.1) is 11.2 Å². The van der Waals surface area contributed by atoms with E-state index in [1.165, 1.54) is 18.6 Å². The lowest BCUT2D eigenvalue weighted by Gasteiger charge is -2.46. The molecule has 7 heteroatoms. The molecule has 4 rings (SSSR count). The number of anilines is 1. The summed E-state index contributed by atoms with van der Waals surface area (Å²) < 4.78 is 14.3. The minimum atomic E-state index is -0.783. The van der Waals surface area contributed by atoms with Crippen LogP contribution in [0.25, 0.3) is 22.0 Å². The Hall–Kier alpha value is -2.70. The molecule has 3 aromatic rings. The standard InChI is InChI=1S/C29H35ClFN3O2/c1-28(2,3)27(36)20-16-32-23-11-10-17(18-14-21(30)26(35)22(31)15-18)13-19(23)25(20)33-29(4)12-8-7-9-24(29)34(5)6/h10-11,13-16,24,35H,7-9,12H2,1-6H3,(H,32,33). The van der Waals surface area contributed by atoms with Crippen LogP contribution in [0.2, 0.25) is 5.02 Å². The zero-order valence-electron chi connectivity index (χ0n) is 21.9. The number of nitrogens with zero attached hydrogens (tertiary/aromatic N) is 2. The molecule has 0 bridgehead atoms. The molecule has 2 aromatic carbocycles. The Kier molecular flexibility index (Phi) is 7.06. The van der Waals surface area contributed by atoms with Crippen molar-refractivity contribution >= 4 is 34.0 Å². The molecule has 1 aliphatic rings. The third-order valence-electron chi connectivity index (χ3n) is 7.34. The molecular formula is C29H35ClFN3O2. The number of phenolic OH excluding ortho intramolecular Hbond substituents is 1. The number of carbonyl (C=O) groups is 1. The van der Waals surface area contributed by atoms with Crippen molar-refractivity contribution in [2.24, 2.45) is 5.41 Å². The van der Waals surface area contributed by atoms with Crippen molar-refractivity contribution in [1.29, 1.82) is 0 Å². The van der Waals surface area contributed by atoms with Gasteiger partial charge >= 0.3 is 0 Å². The van der Waals surface area contributed by atoms with Gasteiger partial charge in [0, 0.05) is 23.0 Å². The van der Waals surface area contributed by atoms with E-state index in [9.17, 15) is 14.3 Å². The van der Waals surface area contributed by atoms with E-state index >= 15 is 0 Å². The van der Waals surface area contributed by atoms with Crippen LogP contribution in [-0.4, -0.2) is 46.4 Å². The molecule has 0 radical (unpaired) electrons. The second-order valence-corrected chi connectivity index (χ2v) is 11.8. The number of benzene rings is 2. The van der Waals surface area contributed by atoms with Crippen molar-refractivity contribution in [3.63, 3.8) is 0 Å². The first-order chi connectivity index (χ1) is 16.8. The van der Waals surface area contributed by atoms with Crippen molar-refractivity contribution in [3.8, 4) is 16.9 Å². The van der Waals surface area contributed by atoms with Crippen molar-refractivity contribution in [1.82, 2.24) is 9.88 Å². The topological polar surface area (TPSA) is 65.5 Å². The third-order valence-corrected chi connectivity index (χ3v) is 7.63. The molecule has 0 amide bonds. The molecule has 1 heterocycles. The van der Waals surface area contributed by atoms with Gasteiger partial charge in [0.1, 0.15) is 0 Å². The second kappa shape index (κ2) is 9.64.